The maximum Gasteiger partial charge on any atom is 0.0967 e. The summed E-state index contributed by atoms with van der Waals surface area (Å²) in [6.07, 6.45) is 1.86. The molecule has 1 aliphatic heterocycles. The van der Waals surface area contributed by atoms with Gasteiger partial charge in [0.15, 0.2) is 0 Å². The molecule has 2 unspecified atom stereocenters. The lowest BCUT2D eigenvalue weighted by Gasteiger charge is -2.28. The fourth-order valence-electron chi connectivity index (χ4n) is 2.63. The second kappa shape index (κ2) is 6.37. The molecule has 106 valence electrons. The molecule has 2 rings (SSSR count). The summed E-state index contributed by atoms with van der Waals surface area (Å²) in [7, 11) is 3.73. The van der Waals surface area contributed by atoms with Crippen LogP contribution >= 0.6 is 0 Å². The Kier molecular flexibility index (Phi) is 4.80. The van der Waals surface area contributed by atoms with Gasteiger partial charge >= 0.3 is 0 Å². The summed E-state index contributed by atoms with van der Waals surface area (Å²) in [5, 5.41) is 19.6. The van der Waals surface area contributed by atoms with Crippen LogP contribution in [0.3, 0.4) is 0 Å². The summed E-state index contributed by atoms with van der Waals surface area (Å²) in [6, 6.07) is 7.79. The fraction of sp³-hybridized carbons (Fsp3) is 0.600. The van der Waals surface area contributed by atoms with Crippen molar-refractivity contribution in [3.8, 4) is 0 Å². The summed E-state index contributed by atoms with van der Waals surface area (Å²) < 4.78 is 0. The molecule has 2 atom stereocenters. The van der Waals surface area contributed by atoms with E-state index in [0.717, 1.165) is 18.7 Å². The molecule has 0 saturated carbocycles. The second-order valence-electron chi connectivity index (χ2n) is 5.44. The SMILES string of the molecule is CN(C)C(CO)C(O)c1ccc(N2CCCC2)cc1. The van der Waals surface area contributed by atoms with Crippen molar-refractivity contribution >= 4 is 5.69 Å². The van der Waals surface area contributed by atoms with Crippen LogP contribution in [0.4, 0.5) is 5.69 Å². The highest BCUT2D eigenvalue weighted by Gasteiger charge is 2.22. The summed E-state index contributed by atoms with van der Waals surface area (Å²) in [5.74, 6) is 0. The Balaban J connectivity index is 2.08. The van der Waals surface area contributed by atoms with Gasteiger partial charge in [-0.05, 0) is 44.6 Å². The van der Waals surface area contributed by atoms with Crippen LogP contribution < -0.4 is 4.90 Å². The standard InChI is InChI=1S/C15H24N2O2/c1-16(2)14(11-18)15(19)12-5-7-13(8-6-12)17-9-3-4-10-17/h5-8,14-15,18-19H,3-4,9-11H2,1-2H3. The van der Waals surface area contributed by atoms with Gasteiger partial charge in [-0.3, -0.25) is 0 Å². The van der Waals surface area contributed by atoms with Crippen LogP contribution in [0, 0.1) is 0 Å². The van der Waals surface area contributed by atoms with Crippen molar-refractivity contribution < 1.29 is 10.2 Å². The highest BCUT2D eigenvalue weighted by Crippen LogP contribution is 2.25. The number of anilines is 1. The Morgan fingerprint density at radius 1 is 1.16 bits per heavy atom. The highest BCUT2D eigenvalue weighted by atomic mass is 16.3. The molecule has 0 spiro atoms. The Bertz CT molecular complexity index is 386. The topological polar surface area (TPSA) is 46.9 Å². The monoisotopic (exact) mass is 264 g/mol. The zero-order chi connectivity index (χ0) is 13.8. The smallest absolute Gasteiger partial charge is 0.0967 e. The Morgan fingerprint density at radius 2 is 1.74 bits per heavy atom. The lowest BCUT2D eigenvalue weighted by molar-refractivity contribution is 0.0390. The van der Waals surface area contributed by atoms with Gasteiger partial charge in [-0.15, -0.1) is 0 Å². The molecule has 0 radical (unpaired) electrons. The largest absolute Gasteiger partial charge is 0.395 e. The van der Waals surface area contributed by atoms with E-state index < -0.39 is 6.10 Å². The second-order valence-corrected chi connectivity index (χ2v) is 5.44. The molecule has 0 bridgehead atoms. The number of aliphatic hydroxyl groups is 2. The molecule has 4 nitrogen and oxygen atoms in total. The van der Waals surface area contributed by atoms with Gasteiger partial charge in [0.1, 0.15) is 0 Å². The van der Waals surface area contributed by atoms with Crippen LogP contribution in [0.2, 0.25) is 0 Å². The molecular weight excluding hydrogens is 240 g/mol. The van der Waals surface area contributed by atoms with Gasteiger partial charge < -0.3 is 20.0 Å². The van der Waals surface area contributed by atoms with Crippen LogP contribution in [0.5, 0.6) is 0 Å². The number of rotatable bonds is 5. The number of likely N-dealkylation sites (N-methyl/N-ethyl adjacent to an activating group) is 1. The van der Waals surface area contributed by atoms with Crippen molar-refractivity contribution in [3.05, 3.63) is 29.8 Å². The first-order valence-electron chi connectivity index (χ1n) is 6.93. The Labute approximate surface area is 115 Å². The molecule has 0 aromatic heterocycles. The third-order valence-corrected chi connectivity index (χ3v) is 3.92. The van der Waals surface area contributed by atoms with Gasteiger partial charge in [-0.25, -0.2) is 0 Å². The minimum atomic E-state index is -0.660. The van der Waals surface area contributed by atoms with Crippen molar-refractivity contribution in [2.75, 3.05) is 38.7 Å². The normalized spacial score (nSPS) is 18.9. The molecule has 1 heterocycles. The van der Waals surface area contributed by atoms with Crippen molar-refractivity contribution in [2.24, 2.45) is 0 Å². The van der Waals surface area contributed by atoms with Crippen molar-refractivity contribution in [1.29, 1.82) is 0 Å². The van der Waals surface area contributed by atoms with Gasteiger partial charge in [0.25, 0.3) is 0 Å². The number of benzene rings is 1. The quantitative estimate of drug-likeness (QED) is 0.840. The van der Waals surface area contributed by atoms with Gasteiger partial charge in [0, 0.05) is 18.8 Å². The van der Waals surface area contributed by atoms with Gasteiger partial charge in [-0.2, -0.15) is 0 Å². The summed E-state index contributed by atoms with van der Waals surface area (Å²) in [5.41, 5.74) is 2.08. The van der Waals surface area contributed by atoms with Crippen LogP contribution in [0.1, 0.15) is 24.5 Å². The third kappa shape index (κ3) is 3.26. The number of aliphatic hydroxyl groups excluding tert-OH is 2. The third-order valence-electron chi connectivity index (χ3n) is 3.92. The van der Waals surface area contributed by atoms with E-state index in [9.17, 15) is 10.2 Å². The van der Waals surface area contributed by atoms with Crippen molar-refractivity contribution in [1.82, 2.24) is 4.90 Å². The molecule has 1 aromatic carbocycles. The number of hydrogen-bond acceptors (Lipinski definition) is 4. The summed E-state index contributed by atoms with van der Waals surface area (Å²) >= 11 is 0. The van der Waals surface area contributed by atoms with Gasteiger partial charge in [-0.1, -0.05) is 12.1 Å². The molecule has 0 aliphatic carbocycles. The van der Waals surface area contributed by atoms with Crippen molar-refractivity contribution in [2.45, 2.75) is 25.0 Å². The fourth-order valence-corrected chi connectivity index (χ4v) is 2.63. The molecule has 19 heavy (non-hydrogen) atoms. The maximum atomic E-state index is 10.3. The van der Waals surface area contributed by atoms with E-state index >= 15 is 0 Å². The average Bonchev–Trinajstić information content (AvgIpc) is 2.93. The molecule has 2 N–H and O–H groups in total. The first-order valence-corrected chi connectivity index (χ1v) is 6.93. The zero-order valence-electron chi connectivity index (χ0n) is 11.8. The van der Waals surface area contributed by atoms with E-state index in [1.807, 2.05) is 31.1 Å². The maximum absolute atomic E-state index is 10.3. The molecule has 1 fully saturated rings. The Hall–Kier alpha value is -1.10. The van der Waals surface area contributed by atoms with Crippen LogP contribution in [-0.2, 0) is 0 Å². The molecule has 4 heteroatoms. The summed E-state index contributed by atoms with van der Waals surface area (Å²) in [6.45, 7) is 2.19. The molecular formula is C15H24N2O2. The minimum Gasteiger partial charge on any atom is -0.395 e. The Morgan fingerprint density at radius 3 is 2.21 bits per heavy atom. The zero-order valence-corrected chi connectivity index (χ0v) is 11.8. The van der Waals surface area contributed by atoms with E-state index in [2.05, 4.69) is 17.0 Å². The van der Waals surface area contributed by atoms with E-state index in [4.69, 9.17) is 0 Å². The average molecular weight is 264 g/mol. The number of nitrogens with zero attached hydrogens (tertiary/aromatic N) is 2. The molecule has 1 saturated heterocycles. The lowest BCUT2D eigenvalue weighted by atomic mass is 10.0. The van der Waals surface area contributed by atoms with E-state index in [0.29, 0.717) is 0 Å². The molecule has 1 aliphatic rings. The minimum absolute atomic E-state index is 0.0535. The van der Waals surface area contributed by atoms with E-state index in [1.165, 1.54) is 18.5 Å². The first-order chi connectivity index (χ1) is 9.13. The van der Waals surface area contributed by atoms with E-state index in [1.54, 1.807) is 0 Å². The van der Waals surface area contributed by atoms with Crippen LogP contribution in [0.15, 0.2) is 24.3 Å². The van der Waals surface area contributed by atoms with E-state index in [-0.39, 0.29) is 12.6 Å². The molecule has 1 aromatic rings. The predicted molar refractivity (Wildman–Crippen MR) is 77.4 cm³/mol. The first kappa shape index (κ1) is 14.3. The predicted octanol–water partition coefficient (Wildman–Crippen LogP) is 1.24. The van der Waals surface area contributed by atoms with Crippen LogP contribution in [-0.4, -0.2) is 54.9 Å². The van der Waals surface area contributed by atoms with Crippen molar-refractivity contribution in [3.63, 3.8) is 0 Å². The van der Waals surface area contributed by atoms with Gasteiger partial charge in [0.05, 0.1) is 18.8 Å². The van der Waals surface area contributed by atoms with Gasteiger partial charge in [0.2, 0.25) is 0 Å². The number of hydrogen-bond donors (Lipinski definition) is 2. The summed E-state index contributed by atoms with van der Waals surface area (Å²) in [4.78, 5) is 4.21. The molecule has 0 amide bonds. The van der Waals surface area contributed by atoms with Crippen LogP contribution in [0.25, 0.3) is 0 Å². The lowest BCUT2D eigenvalue weighted by Crippen LogP contribution is -2.37. The highest BCUT2D eigenvalue weighted by molar-refractivity contribution is 5.48.